The topological polar surface area (TPSA) is 68.2 Å². The molecule has 1 saturated heterocycles. The van der Waals surface area contributed by atoms with Crippen LogP contribution < -0.4 is 5.73 Å². The molecule has 0 bridgehead atoms. The number of hydrogen-bond donors (Lipinski definition) is 1. The molecule has 2 aromatic rings. The number of nitrogens with two attached hydrogens (primary N) is 1. The summed E-state index contributed by atoms with van der Waals surface area (Å²) in [5, 5.41) is 4.19. The standard InChI is InChI=1S/C19H25FN4O.ClH/c20-16-7-3-5-14(11-16)12-24-10-4-6-15(13-24)17-22-18(23-25-17)19(21)8-1-2-9-19;/h3,5,7,11,15H,1-2,4,6,8-10,12-13,21H2;1H. The first-order valence-corrected chi connectivity index (χ1v) is 9.22. The molecule has 1 aliphatic carbocycles. The predicted molar refractivity (Wildman–Crippen MR) is 99.5 cm³/mol. The highest BCUT2D eigenvalue weighted by Crippen LogP contribution is 2.36. The van der Waals surface area contributed by atoms with Gasteiger partial charge in [0.1, 0.15) is 5.82 Å². The number of likely N-dealkylation sites (tertiary alicyclic amines) is 1. The van der Waals surface area contributed by atoms with Gasteiger partial charge < -0.3 is 10.3 Å². The Morgan fingerprint density at radius 2 is 2.08 bits per heavy atom. The molecule has 4 rings (SSSR count). The number of nitrogens with zero attached hydrogens (tertiary/aromatic N) is 3. The molecule has 0 radical (unpaired) electrons. The Bertz CT molecular complexity index is 732. The molecule has 1 aromatic carbocycles. The molecule has 2 aliphatic rings. The highest BCUT2D eigenvalue weighted by Gasteiger charge is 2.37. The lowest BCUT2D eigenvalue weighted by Crippen LogP contribution is -2.35. The zero-order valence-electron chi connectivity index (χ0n) is 14.9. The maximum Gasteiger partial charge on any atom is 0.231 e. The van der Waals surface area contributed by atoms with Gasteiger partial charge in [0.05, 0.1) is 11.5 Å². The maximum atomic E-state index is 13.4. The van der Waals surface area contributed by atoms with Crippen LogP contribution in [0.5, 0.6) is 0 Å². The predicted octanol–water partition coefficient (Wildman–Crippen LogP) is 3.74. The Morgan fingerprint density at radius 3 is 2.85 bits per heavy atom. The van der Waals surface area contributed by atoms with Gasteiger partial charge in [-0.3, -0.25) is 4.90 Å². The Kier molecular flexibility index (Phi) is 5.95. The Morgan fingerprint density at radius 1 is 1.27 bits per heavy atom. The van der Waals surface area contributed by atoms with Crippen molar-refractivity contribution < 1.29 is 8.91 Å². The largest absolute Gasteiger partial charge is 0.339 e. The lowest BCUT2D eigenvalue weighted by atomic mass is 9.96. The van der Waals surface area contributed by atoms with Crippen LogP contribution in [0.25, 0.3) is 0 Å². The van der Waals surface area contributed by atoms with Gasteiger partial charge in [0, 0.05) is 13.1 Å². The molecule has 0 amide bonds. The molecule has 2 heterocycles. The highest BCUT2D eigenvalue weighted by molar-refractivity contribution is 5.85. The third-order valence-electron chi connectivity index (χ3n) is 5.53. The van der Waals surface area contributed by atoms with E-state index in [9.17, 15) is 4.39 Å². The van der Waals surface area contributed by atoms with Crippen molar-refractivity contribution in [2.45, 2.75) is 56.5 Å². The molecular weight excluding hydrogens is 355 g/mol. The van der Waals surface area contributed by atoms with Gasteiger partial charge >= 0.3 is 0 Å². The van der Waals surface area contributed by atoms with Gasteiger partial charge in [-0.1, -0.05) is 30.1 Å². The quantitative estimate of drug-likeness (QED) is 0.875. The summed E-state index contributed by atoms with van der Waals surface area (Å²) >= 11 is 0. The van der Waals surface area contributed by atoms with Crippen molar-refractivity contribution in [3.8, 4) is 0 Å². The number of piperidine rings is 1. The molecule has 26 heavy (non-hydrogen) atoms. The number of aromatic nitrogens is 2. The van der Waals surface area contributed by atoms with E-state index in [-0.39, 0.29) is 24.1 Å². The van der Waals surface area contributed by atoms with Gasteiger partial charge in [-0.25, -0.2) is 4.39 Å². The first-order chi connectivity index (χ1) is 12.1. The second kappa shape index (κ2) is 8.03. The number of halogens is 2. The van der Waals surface area contributed by atoms with E-state index in [4.69, 9.17) is 10.3 Å². The molecule has 1 unspecified atom stereocenters. The van der Waals surface area contributed by atoms with Crippen molar-refractivity contribution in [1.29, 1.82) is 0 Å². The summed E-state index contributed by atoms with van der Waals surface area (Å²) in [7, 11) is 0. The summed E-state index contributed by atoms with van der Waals surface area (Å²) < 4.78 is 19.0. The molecule has 1 aliphatic heterocycles. The first-order valence-electron chi connectivity index (χ1n) is 9.22. The summed E-state index contributed by atoms with van der Waals surface area (Å²) in [5.41, 5.74) is 7.03. The van der Waals surface area contributed by atoms with E-state index >= 15 is 0 Å². The lowest BCUT2D eigenvalue weighted by Gasteiger charge is -2.31. The fraction of sp³-hybridized carbons (Fsp3) is 0.579. The average Bonchev–Trinajstić information content (AvgIpc) is 3.25. The van der Waals surface area contributed by atoms with Crippen molar-refractivity contribution in [2.75, 3.05) is 13.1 Å². The summed E-state index contributed by atoms with van der Waals surface area (Å²) in [6.45, 7) is 2.61. The van der Waals surface area contributed by atoms with Gasteiger partial charge in [0.2, 0.25) is 5.89 Å². The van der Waals surface area contributed by atoms with Gasteiger partial charge in [0.15, 0.2) is 5.82 Å². The second-order valence-corrected chi connectivity index (χ2v) is 7.52. The van der Waals surface area contributed by atoms with Crippen LogP contribution in [0, 0.1) is 5.82 Å². The van der Waals surface area contributed by atoms with Gasteiger partial charge in [-0.15, -0.1) is 12.4 Å². The Balaban J connectivity index is 0.00000196. The van der Waals surface area contributed by atoms with Gasteiger partial charge in [0.25, 0.3) is 0 Å². The third kappa shape index (κ3) is 4.08. The minimum absolute atomic E-state index is 0. The third-order valence-corrected chi connectivity index (χ3v) is 5.53. The fourth-order valence-corrected chi connectivity index (χ4v) is 4.13. The van der Waals surface area contributed by atoms with Crippen molar-refractivity contribution in [1.82, 2.24) is 15.0 Å². The number of hydrogen-bond acceptors (Lipinski definition) is 5. The van der Waals surface area contributed by atoms with E-state index in [0.29, 0.717) is 11.7 Å². The van der Waals surface area contributed by atoms with E-state index in [0.717, 1.165) is 63.7 Å². The van der Waals surface area contributed by atoms with E-state index in [1.165, 1.54) is 6.07 Å². The van der Waals surface area contributed by atoms with E-state index in [1.54, 1.807) is 12.1 Å². The van der Waals surface area contributed by atoms with Crippen LogP contribution in [0.4, 0.5) is 4.39 Å². The van der Waals surface area contributed by atoms with Crippen LogP contribution in [0.1, 0.15) is 61.7 Å². The Labute approximate surface area is 159 Å². The summed E-state index contributed by atoms with van der Waals surface area (Å²) in [6.07, 6.45) is 6.24. The van der Waals surface area contributed by atoms with Crippen LogP contribution in [0.15, 0.2) is 28.8 Å². The van der Waals surface area contributed by atoms with Crippen molar-refractivity contribution in [2.24, 2.45) is 5.73 Å². The number of benzene rings is 1. The van der Waals surface area contributed by atoms with Crippen LogP contribution >= 0.6 is 12.4 Å². The minimum Gasteiger partial charge on any atom is -0.339 e. The molecular formula is C19H26ClFN4O. The van der Waals surface area contributed by atoms with Crippen molar-refractivity contribution >= 4 is 12.4 Å². The Hall–Kier alpha value is -1.50. The lowest BCUT2D eigenvalue weighted by molar-refractivity contribution is 0.180. The first kappa shape index (κ1) is 19.3. The zero-order valence-corrected chi connectivity index (χ0v) is 15.7. The maximum absolute atomic E-state index is 13.4. The summed E-state index contributed by atoms with van der Waals surface area (Å²) in [4.78, 5) is 6.99. The van der Waals surface area contributed by atoms with E-state index in [2.05, 4.69) is 15.0 Å². The van der Waals surface area contributed by atoms with Gasteiger partial charge in [-0.2, -0.15) is 4.98 Å². The average molecular weight is 381 g/mol. The SMILES string of the molecule is Cl.NC1(c2noc(C3CCCN(Cc4cccc(F)c4)C3)n2)CCCC1. The van der Waals surface area contributed by atoms with Crippen LogP contribution in [0.3, 0.4) is 0 Å². The van der Waals surface area contributed by atoms with Crippen molar-refractivity contribution in [3.05, 3.63) is 47.4 Å². The molecule has 7 heteroatoms. The normalized spacial score (nSPS) is 22.9. The molecule has 1 aromatic heterocycles. The fourth-order valence-electron chi connectivity index (χ4n) is 4.13. The minimum atomic E-state index is -0.405. The van der Waals surface area contributed by atoms with Crippen LogP contribution in [-0.4, -0.2) is 28.1 Å². The second-order valence-electron chi connectivity index (χ2n) is 7.52. The molecule has 0 spiro atoms. The monoisotopic (exact) mass is 380 g/mol. The molecule has 5 nitrogen and oxygen atoms in total. The number of rotatable bonds is 4. The molecule has 2 N–H and O–H groups in total. The zero-order chi connectivity index (χ0) is 17.3. The van der Waals surface area contributed by atoms with Crippen LogP contribution in [-0.2, 0) is 12.1 Å². The molecule has 1 atom stereocenters. The van der Waals surface area contributed by atoms with Crippen molar-refractivity contribution in [3.63, 3.8) is 0 Å². The van der Waals surface area contributed by atoms with Crippen LogP contribution in [0.2, 0.25) is 0 Å². The molecule has 1 saturated carbocycles. The molecule has 2 fully saturated rings. The summed E-state index contributed by atoms with van der Waals surface area (Å²) in [5.74, 6) is 1.42. The smallest absolute Gasteiger partial charge is 0.231 e. The molecule has 142 valence electrons. The van der Waals surface area contributed by atoms with E-state index in [1.807, 2.05) is 6.07 Å². The van der Waals surface area contributed by atoms with Gasteiger partial charge in [-0.05, 0) is 49.9 Å². The summed E-state index contributed by atoms with van der Waals surface area (Å²) in [6, 6.07) is 6.81. The highest BCUT2D eigenvalue weighted by atomic mass is 35.5. The van der Waals surface area contributed by atoms with E-state index < -0.39 is 5.54 Å².